The van der Waals surface area contributed by atoms with Crippen molar-refractivity contribution in [2.45, 2.75) is 19.4 Å². The van der Waals surface area contributed by atoms with Crippen molar-refractivity contribution in [1.82, 2.24) is 5.32 Å². The van der Waals surface area contributed by atoms with Crippen molar-refractivity contribution in [2.24, 2.45) is 0 Å². The van der Waals surface area contributed by atoms with E-state index in [0.29, 0.717) is 5.75 Å². The minimum atomic E-state index is -0.418. The smallest absolute Gasteiger partial charge is 0.279 e. The Balaban J connectivity index is 1.95. The lowest BCUT2D eigenvalue weighted by Crippen LogP contribution is -2.38. The van der Waals surface area contributed by atoms with Crippen molar-refractivity contribution >= 4 is 28.6 Å². The summed E-state index contributed by atoms with van der Waals surface area (Å²) in [5, 5.41) is 5.26. The first-order valence-electron chi connectivity index (χ1n) is 5.52. The fourth-order valence-corrected chi connectivity index (χ4v) is 2.36. The Hall–Kier alpha value is -1.49. The van der Waals surface area contributed by atoms with Gasteiger partial charge in [0.1, 0.15) is 6.04 Å². The molecule has 0 radical (unpaired) electrons. The van der Waals surface area contributed by atoms with Crippen molar-refractivity contribution in [3.05, 3.63) is 29.8 Å². The summed E-state index contributed by atoms with van der Waals surface area (Å²) in [4.78, 5) is 22.7. The van der Waals surface area contributed by atoms with E-state index in [1.54, 1.807) is 0 Å². The van der Waals surface area contributed by atoms with Crippen molar-refractivity contribution < 1.29 is 9.59 Å². The molecule has 1 heterocycles. The zero-order valence-electron chi connectivity index (χ0n) is 9.53. The SMILES string of the molecule is CCc1ccc(NC(=O)C2CSC(=O)N2)cc1. The molecule has 1 atom stereocenters. The maximum atomic E-state index is 11.8. The van der Waals surface area contributed by atoms with Gasteiger partial charge in [0.05, 0.1) is 0 Å². The molecule has 0 spiro atoms. The monoisotopic (exact) mass is 250 g/mol. The fraction of sp³-hybridized carbons (Fsp3) is 0.333. The number of carbonyl (C=O) groups is 2. The Bertz CT molecular complexity index is 431. The van der Waals surface area contributed by atoms with E-state index in [-0.39, 0.29) is 11.1 Å². The van der Waals surface area contributed by atoms with E-state index in [0.717, 1.165) is 23.9 Å². The summed E-state index contributed by atoms with van der Waals surface area (Å²) in [5.74, 6) is 0.338. The van der Waals surface area contributed by atoms with E-state index < -0.39 is 6.04 Å². The highest BCUT2D eigenvalue weighted by Gasteiger charge is 2.27. The summed E-state index contributed by atoms with van der Waals surface area (Å²) < 4.78 is 0. The van der Waals surface area contributed by atoms with E-state index in [2.05, 4.69) is 17.6 Å². The molecule has 1 aliphatic rings. The minimum Gasteiger partial charge on any atom is -0.334 e. The molecule has 0 saturated carbocycles. The Morgan fingerprint density at radius 2 is 2.18 bits per heavy atom. The molecule has 4 nitrogen and oxygen atoms in total. The van der Waals surface area contributed by atoms with Gasteiger partial charge in [0.15, 0.2) is 0 Å². The van der Waals surface area contributed by atoms with Crippen LogP contribution >= 0.6 is 11.8 Å². The molecular formula is C12H14N2O2S. The number of benzene rings is 1. The van der Waals surface area contributed by atoms with Gasteiger partial charge in [-0.25, -0.2) is 0 Å². The van der Waals surface area contributed by atoms with Crippen LogP contribution in [-0.4, -0.2) is 22.9 Å². The summed E-state index contributed by atoms with van der Waals surface area (Å²) >= 11 is 1.14. The van der Waals surface area contributed by atoms with Gasteiger partial charge in [-0.3, -0.25) is 9.59 Å². The molecule has 2 N–H and O–H groups in total. The number of amides is 2. The first kappa shape index (κ1) is 12.0. The fourth-order valence-electron chi connectivity index (χ4n) is 1.58. The normalized spacial score (nSPS) is 18.9. The van der Waals surface area contributed by atoms with Gasteiger partial charge in [0.2, 0.25) is 5.91 Å². The highest BCUT2D eigenvalue weighted by Crippen LogP contribution is 2.15. The van der Waals surface area contributed by atoms with Gasteiger partial charge in [-0.2, -0.15) is 0 Å². The first-order valence-corrected chi connectivity index (χ1v) is 6.50. The Morgan fingerprint density at radius 3 is 2.71 bits per heavy atom. The molecule has 1 aliphatic heterocycles. The lowest BCUT2D eigenvalue weighted by atomic mass is 10.1. The quantitative estimate of drug-likeness (QED) is 0.862. The van der Waals surface area contributed by atoms with Crippen LogP contribution in [0.3, 0.4) is 0 Å². The van der Waals surface area contributed by atoms with Gasteiger partial charge < -0.3 is 10.6 Å². The molecule has 1 saturated heterocycles. The number of carbonyl (C=O) groups excluding carboxylic acids is 2. The molecule has 90 valence electrons. The highest BCUT2D eigenvalue weighted by molar-refractivity contribution is 8.14. The van der Waals surface area contributed by atoms with Gasteiger partial charge >= 0.3 is 0 Å². The molecule has 1 aromatic rings. The topological polar surface area (TPSA) is 58.2 Å². The van der Waals surface area contributed by atoms with Crippen LogP contribution < -0.4 is 10.6 Å². The standard InChI is InChI=1S/C12H14N2O2S/c1-2-8-3-5-9(6-4-8)13-11(15)10-7-17-12(16)14-10/h3-6,10H,2,7H2,1H3,(H,13,15)(H,14,16). The van der Waals surface area contributed by atoms with Crippen LogP contribution in [-0.2, 0) is 11.2 Å². The maximum Gasteiger partial charge on any atom is 0.279 e. The maximum absolute atomic E-state index is 11.8. The summed E-state index contributed by atoms with van der Waals surface area (Å²) in [5.41, 5.74) is 1.99. The summed E-state index contributed by atoms with van der Waals surface area (Å²) in [6.45, 7) is 2.08. The van der Waals surface area contributed by atoms with Crippen LogP contribution in [0.4, 0.5) is 10.5 Å². The van der Waals surface area contributed by atoms with Crippen molar-refractivity contribution in [3.63, 3.8) is 0 Å². The summed E-state index contributed by atoms with van der Waals surface area (Å²) in [7, 11) is 0. The Labute approximate surface area is 104 Å². The molecule has 2 amide bonds. The Kier molecular flexibility index (Phi) is 3.68. The van der Waals surface area contributed by atoms with E-state index in [9.17, 15) is 9.59 Å². The number of anilines is 1. The Morgan fingerprint density at radius 1 is 1.47 bits per heavy atom. The molecule has 5 heteroatoms. The highest BCUT2D eigenvalue weighted by atomic mass is 32.2. The predicted molar refractivity (Wildman–Crippen MR) is 69.2 cm³/mol. The van der Waals surface area contributed by atoms with Crippen molar-refractivity contribution in [3.8, 4) is 0 Å². The summed E-state index contributed by atoms with van der Waals surface area (Å²) in [6, 6.07) is 7.30. The second-order valence-corrected chi connectivity index (χ2v) is 4.83. The third-order valence-corrected chi connectivity index (χ3v) is 3.50. The molecule has 1 fully saturated rings. The molecule has 1 unspecified atom stereocenters. The van der Waals surface area contributed by atoms with Crippen LogP contribution in [0.25, 0.3) is 0 Å². The number of nitrogens with one attached hydrogen (secondary N) is 2. The molecule has 0 aromatic heterocycles. The van der Waals surface area contributed by atoms with Gasteiger partial charge in [-0.1, -0.05) is 30.8 Å². The number of thioether (sulfide) groups is 1. The second kappa shape index (κ2) is 5.23. The number of hydrogen-bond donors (Lipinski definition) is 2. The molecule has 2 rings (SSSR count). The van der Waals surface area contributed by atoms with E-state index >= 15 is 0 Å². The van der Waals surface area contributed by atoms with Gasteiger partial charge in [0.25, 0.3) is 5.24 Å². The van der Waals surface area contributed by atoms with E-state index in [4.69, 9.17) is 0 Å². The van der Waals surface area contributed by atoms with Crippen LogP contribution in [0, 0.1) is 0 Å². The zero-order valence-corrected chi connectivity index (χ0v) is 10.3. The number of hydrogen-bond acceptors (Lipinski definition) is 3. The minimum absolute atomic E-state index is 0.133. The number of rotatable bonds is 3. The second-order valence-electron chi connectivity index (χ2n) is 3.84. The van der Waals surface area contributed by atoms with Gasteiger partial charge in [0, 0.05) is 11.4 Å². The molecule has 17 heavy (non-hydrogen) atoms. The predicted octanol–water partition coefficient (Wildman–Crippen LogP) is 2.01. The van der Waals surface area contributed by atoms with Crippen molar-refractivity contribution in [1.29, 1.82) is 0 Å². The third kappa shape index (κ3) is 3.00. The van der Waals surface area contributed by atoms with E-state index in [1.807, 2.05) is 24.3 Å². The van der Waals surface area contributed by atoms with Gasteiger partial charge in [-0.15, -0.1) is 0 Å². The lowest BCUT2D eigenvalue weighted by Gasteiger charge is -2.10. The molecule has 0 bridgehead atoms. The molecular weight excluding hydrogens is 236 g/mol. The average Bonchev–Trinajstić information content (AvgIpc) is 2.77. The van der Waals surface area contributed by atoms with Gasteiger partial charge in [-0.05, 0) is 24.1 Å². The average molecular weight is 250 g/mol. The summed E-state index contributed by atoms with van der Waals surface area (Å²) in [6.07, 6.45) is 0.976. The lowest BCUT2D eigenvalue weighted by molar-refractivity contribution is -0.117. The zero-order chi connectivity index (χ0) is 12.3. The van der Waals surface area contributed by atoms with Crippen LogP contribution in [0.1, 0.15) is 12.5 Å². The first-order chi connectivity index (χ1) is 8.19. The van der Waals surface area contributed by atoms with Crippen molar-refractivity contribution in [2.75, 3.05) is 11.1 Å². The number of aryl methyl sites for hydroxylation is 1. The largest absolute Gasteiger partial charge is 0.334 e. The molecule has 1 aromatic carbocycles. The molecule has 0 aliphatic carbocycles. The van der Waals surface area contributed by atoms with E-state index in [1.165, 1.54) is 5.56 Å². The third-order valence-electron chi connectivity index (χ3n) is 2.62. The van der Waals surface area contributed by atoms with Crippen LogP contribution in [0.5, 0.6) is 0 Å². The van der Waals surface area contributed by atoms with Crippen LogP contribution in [0.2, 0.25) is 0 Å². The van der Waals surface area contributed by atoms with Crippen LogP contribution in [0.15, 0.2) is 24.3 Å².